The molecule has 0 unspecified atom stereocenters. The maximum atomic E-state index is 12.6. The third kappa shape index (κ3) is 4.55. The van der Waals surface area contributed by atoms with Gasteiger partial charge >= 0.3 is 5.97 Å². The summed E-state index contributed by atoms with van der Waals surface area (Å²) in [5.74, 6) is -0.624. The normalized spacial score (nSPS) is 13.9. The highest BCUT2D eigenvalue weighted by molar-refractivity contribution is 6.05. The Morgan fingerprint density at radius 3 is 2.32 bits per heavy atom. The number of benzene rings is 2. The fraction of sp³-hybridized carbons (Fsp3) is 0.250. The Hall–Kier alpha value is -3.74. The van der Waals surface area contributed by atoms with Gasteiger partial charge in [0.25, 0.3) is 5.91 Å². The van der Waals surface area contributed by atoms with Gasteiger partial charge in [-0.2, -0.15) is 0 Å². The van der Waals surface area contributed by atoms with Crippen LogP contribution in [0.25, 0.3) is 0 Å². The van der Waals surface area contributed by atoms with Crippen LogP contribution in [0.5, 0.6) is 0 Å². The van der Waals surface area contributed by atoms with E-state index in [9.17, 15) is 14.7 Å². The maximum Gasteiger partial charge on any atom is 0.335 e. The van der Waals surface area contributed by atoms with Crippen LogP contribution in [0.3, 0.4) is 0 Å². The molecule has 0 saturated carbocycles. The van der Waals surface area contributed by atoms with Crippen LogP contribution in [-0.2, 0) is 0 Å². The molecular weight excluding hydrogens is 394 g/mol. The number of hydrogen-bond acceptors (Lipinski definition) is 5. The van der Waals surface area contributed by atoms with Crippen molar-refractivity contribution in [2.24, 2.45) is 0 Å². The molecule has 1 saturated heterocycles. The summed E-state index contributed by atoms with van der Waals surface area (Å²) < 4.78 is 5.40. The second kappa shape index (κ2) is 8.55. The van der Waals surface area contributed by atoms with Gasteiger partial charge in [0, 0.05) is 31.9 Å². The Labute approximate surface area is 180 Å². The van der Waals surface area contributed by atoms with Gasteiger partial charge in [-0.05, 0) is 61.9 Å². The summed E-state index contributed by atoms with van der Waals surface area (Å²) in [7, 11) is 0. The number of nitrogens with zero attached hydrogens (tertiary/aromatic N) is 2. The average molecular weight is 419 g/mol. The summed E-state index contributed by atoms with van der Waals surface area (Å²) in [6.07, 6.45) is 0. The highest BCUT2D eigenvalue weighted by atomic mass is 16.4. The summed E-state index contributed by atoms with van der Waals surface area (Å²) in [4.78, 5) is 28.6. The Morgan fingerprint density at radius 1 is 0.935 bits per heavy atom. The molecule has 0 bridgehead atoms. The number of aromatic carboxylic acids is 1. The molecule has 7 heteroatoms. The lowest BCUT2D eigenvalue weighted by atomic mass is 10.1. The second-order valence-corrected chi connectivity index (χ2v) is 7.71. The fourth-order valence-electron chi connectivity index (χ4n) is 3.82. The van der Waals surface area contributed by atoms with Gasteiger partial charge in [0.2, 0.25) is 0 Å². The van der Waals surface area contributed by atoms with Crippen molar-refractivity contribution in [1.82, 2.24) is 0 Å². The minimum atomic E-state index is -1.04. The lowest BCUT2D eigenvalue weighted by Gasteiger charge is -2.38. The van der Waals surface area contributed by atoms with E-state index in [1.165, 1.54) is 17.3 Å². The quantitative estimate of drug-likeness (QED) is 0.646. The largest absolute Gasteiger partial charge is 0.478 e. The van der Waals surface area contributed by atoms with E-state index < -0.39 is 11.9 Å². The predicted molar refractivity (Wildman–Crippen MR) is 120 cm³/mol. The number of carboxylic acid groups (broad SMARTS) is 1. The number of furan rings is 1. The fourth-order valence-corrected chi connectivity index (χ4v) is 3.82. The third-order valence-electron chi connectivity index (χ3n) is 5.44. The number of carbonyl (C=O) groups is 2. The zero-order chi connectivity index (χ0) is 22.0. The van der Waals surface area contributed by atoms with Crippen LogP contribution in [0.1, 0.15) is 32.2 Å². The molecule has 0 aliphatic carbocycles. The maximum absolute atomic E-state index is 12.6. The van der Waals surface area contributed by atoms with E-state index in [4.69, 9.17) is 4.42 Å². The molecule has 3 aromatic rings. The Kier molecular flexibility index (Phi) is 5.66. The zero-order valence-electron chi connectivity index (χ0n) is 17.6. The first-order valence-corrected chi connectivity index (χ1v) is 10.2. The van der Waals surface area contributed by atoms with Gasteiger partial charge in [0.05, 0.1) is 16.9 Å². The molecule has 2 aromatic carbocycles. The molecule has 1 fully saturated rings. The van der Waals surface area contributed by atoms with Gasteiger partial charge in [-0.1, -0.05) is 12.1 Å². The predicted octanol–water partition coefficient (Wildman–Crippen LogP) is 4.17. The van der Waals surface area contributed by atoms with E-state index in [0.29, 0.717) is 11.4 Å². The Morgan fingerprint density at radius 2 is 1.68 bits per heavy atom. The van der Waals surface area contributed by atoms with Crippen LogP contribution in [0, 0.1) is 13.8 Å². The van der Waals surface area contributed by atoms with Crippen molar-refractivity contribution in [2.45, 2.75) is 13.8 Å². The number of aryl methyl sites for hydroxylation is 2. The summed E-state index contributed by atoms with van der Waals surface area (Å²) in [6, 6.07) is 16.6. The molecule has 2 heterocycles. The molecular formula is C24H25N3O4. The lowest BCUT2D eigenvalue weighted by Crippen LogP contribution is -2.46. The van der Waals surface area contributed by atoms with Gasteiger partial charge in [0.15, 0.2) is 5.76 Å². The summed E-state index contributed by atoms with van der Waals surface area (Å²) >= 11 is 0. The van der Waals surface area contributed by atoms with Crippen molar-refractivity contribution in [2.75, 3.05) is 41.3 Å². The topological polar surface area (TPSA) is 86.0 Å². The van der Waals surface area contributed by atoms with Crippen molar-refractivity contribution in [1.29, 1.82) is 0 Å². The van der Waals surface area contributed by atoms with Gasteiger partial charge in [0.1, 0.15) is 5.76 Å². The van der Waals surface area contributed by atoms with Crippen molar-refractivity contribution in [3.05, 3.63) is 77.2 Å². The summed E-state index contributed by atoms with van der Waals surface area (Å²) in [5, 5.41) is 12.2. The highest BCUT2D eigenvalue weighted by Crippen LogP contribution is 2.30. The third-order valence-corrected chi connectivity index (χ3v) is 5.44. The van der Waals surface area contributed by atoms with Gasteiger partial charge in [-0.3, -0.25) is 4.79 Å². The number of anilines is 3. The SMILES string of the molecule is Cc1cccc(N2CCN(c3ccc(C(=O)O)cc3NC(=O)c3ccc(C)o3)CC2)c1. The van der Waals surface area contributed by atoms with E-state index in [1.807, 2.05) is 0 Å². The van der Waals surface area contributed by atoms with Crippen molar-refractivity contribution in [3.8, 4) is 0 Å². The van der Waals surface area contributed by atoms with Crippen LogP contribution in [0.15, 0.2) is 59.0 Å². The number of carboxylic acids is 1. The first-order valence-electron chi connectivity index (χ1n) is 10.2. The molecule has 4 rings (SSSR count). The number of rotatable bonds is 5. The molecule has 1 aliphatic rings. The molecule has 0 spiro atoms. The highest BCUT2D eigenvalue weighted by Gasteiger charge is 2.22. The minimum absolute atomic E-state index is 0.119. The molecule has 1 aliphatic heterocycles. The van der Waals surface area contributed by atoms with E-state index in [0.717, 1.165) is 31.9 Å². The molecule has 2 N–H and O–H groups in total. The minimum Gasteiger partial charge on any atom is -0.478 e. The number of hydrogen-bond donors (Lipinski definition) is 2. The molecule has 1 amide bonds. The molecule has 31 heavy (non-hydrogen) atoms. The molecule has 0 radical (unpaired) electrons. The molecule has 1 aromatic heterocycles. The van der Waals surface area contributed by atoms with Crippen LogP contribution in [-0.4, -0.2) is 43.2 Å². The van der Waals surface area contributed by atoms with Gasteiger partial charge in [-0.15, -0.1) is 0 Å². The van der Waals surface area contributed by atoms with Gasteiger partial charge in [-0.25, -0.2) is 4.79 Å². The summed E-state index contributed by atoms with van der Waals surface area (Å²) in [5.41, 5.74) is 3.80. The van der Waals surface area contributed by atoms with E-state index in [1.54, 1.807) is 31.2 Å². The van der Waals surface area contributed by atoms with Crippen LogP contribution in [0.4, 0.5) is 17.1 Å². The summed E-state index contributed by atoms with van der Waals surface area (Å²) in [6.45, 7) is 7.01. The standard InChI is InChI=1S/C24H25N3O4/c1-16-4-3-5-19(14-16)26-10-12-27(13-11-26)21-8-7-18(24(29)30)15-20(21)25-23(28)22-9-6-17(2)31-22/h3-9,14-15H,10-13H2,1-2H3,(H,25,28)(H,29,30). The van der Waals surface area contributed by atoms with E-state index in [-0.39, 0.29) is 11.3 Å². The molecule has 7 nitrogen and oxygen atoms in total. The van der Waals surface area contributed by atoms with Crippen molar-refractivity contribution in [3.63, 3.8) is 0 Å². The monoisotopic (exact) mass is 419 g/mol. The number of piperazine rings is 1. The van der Waals surface area contributed by atoms with E-state index >= 15 is 0 Å². The second-order valence-electron chi connectivity index (χ2n) is 7.71. The first-order chi connectivity index (χ1) is 14.9. The first kappa shape index (κ1) is 20.5. The van der Waals surface area contributed by atoms with Crippen LogP contribution < -0.4 is 15.1 Å². The number of carbonyl (C=O) groups excluding carboxylic acids is 1. The molecule has 160 valence electrons. The van der Waals surface area contributed by atoms with Crippen LogP contribution in [0.2, 0.25) is 0 Å². The average Bonchev–Trinajstić information content (AvgIpc) is 3.20. The van der Waals surface area contributed by atoms with Gasteiger partial charge < -0.3 is 24.6 Å². The molecule has 0 atom stereocenters. The van der Waals surface area contributed by atoms with Crippen molar-refractivity contribution < 1.29 is 19.1 Å². The Bertz CT molecular complexity index is 1110. The van der Waals surface area contributed by atoms with Crippen LogP contribution >= 0.6 is 0 Å². The smallest absolute Gasteiger partial charge is 0.335 e. The number of nitrogens with one attached hydrogen (secondary N) is 1. The van der Waals surface area contributed by atoms with E-state index in [2.05, 4.69) is 46.3 Å². The number of amides is 1. The zero-order valence-corrected chi connectivity index (χ0v) is 17.6. The lowest BCUT2D eigenvalue weighted by molar-refractivity contribution is 0.0696. The Balaban J connectivity index is 1.55. The van der Waals surface area contributed by atoms with Crippen molar-refractivity contribution >= 4 is 28.9 Å².